The van der Waals surface area contributed by atoms with Crippen molar-refractivity contribution in [3.05, 3.63) is 0 Å². The van der Waals surface area contributed by atoms with Gasteiger partial charge in [0.05, 0.1) is 0 Å². The van der Waals surface area contributed by atoms with Gasteiger partial charge in [-0.25, -0.2) is 0 Å². The zero-order chi connectivity index (χ0) is 25.1. The molecular weight excluding hydrogens is 440 g/mol. The van der Waals surface area contributed by atoms with Crippen molar-refractivity contribution in [2.24, 2.45) is 5.92 Å². The van der Waals surface area contributed by atoms with Crippen LogP contribution in [-0.4, -0.2) is 11.0 Å². The Bertz CT molecular complexity index is 449. The van der Waals surface area contributed by atoms with Crippen molar-refractivity contribution < 1.29 is 9.59 Å². The summed E-state index contributed by atoms with van der Waals surface area (Å²) in [4.78, 5) is 23.9. The maximum absolute atomic E-state index is 12.8. The second kappa shape index (κ2) is 27.2. The van der Waals surface area contributed by atoms with Crippen molar-refractivity contribution >= 4 is 22.6 Å². The van der Waals surface area contributed by atoms with E-state index in [-0.39, 0.29) is 11.2 Å². The van der Waals surface area contributed by atoms with Gasteiger partial charge in [-0.15, -0.1) is 0 Å². The molecule has 0 bridgehead atoms. The lowest BCUT2D eigenvalue weighted by atomic mass is 9.89. The molecule has 0 aliphatic rings. The highest BCUT2D eigenvalue weighted by molar-refractivity contribution is 6.63. The number of rotatable bonds is 28. The summed E-state index contributed by atoms with van der Waals surface area (Å²) < 4.78 is 0. The lowest BCUT2D eigenvalue weighted by molar-refractivity contribution is -0.123. The second-order valence-corrected chi connectivity index (χ2v) is 11.1. The lowest BCUT2D eigenvalue weighted by Crippen LogP contribution is -2.15. The zero-order valence-corrected chi connectivity index (χ0v) is 23.9. The van der Waals surface area contributed by atoms with E-state index in [2.05, 4.69) is 13.8 Å². The summed E-state index contributed by atoms with van der Waals surface area (Å²) in [6.45, 7) is 4.53. The summed E-state index contributed by atoms with van der Waals surface area (Å²) in [6.07, 6.45) is 31.5. The molecule has 0 aromatic rings. The van der Waals surface area contributed by atoms with Crippen LogP contribution in [0.25, 0.3) is 0 Å². The molecule has 0 aromatic carbocycles. The van der Waals surface area contributed by atoms with Crippen LogP contribution in [0.3, 0.4) is 0 Å². The minimum absolute atomic E-state index is 0.147. The van der Waals surface area contributed by atoms with E-state index in [1.165, 1.54) is 122 Å². The van der Waals surface area contributed by atoms with E-state index in [4.69, 9.17) is 11.6 Å². The summed E-state index contributed by atoms with van der Waals surface area (Å²) in [5, 5.41) is -0.269. The van der Waals surface area contributed by atoms with Crippen LogP contribution in [0.1, 0.15) is 181 Å². The van der Waals surface area contributed by atoms with Crippen molar-refractivity contribution in [3.8, 4) is 0 Å². The molecule has 0 heterocycles. The molecule has 0 spiro atoms. The smallest absolute Gasteiger partial charge is 0.221 e. The van der Waals surface area contributed by atoms with Gasteiger partial charge in [-0.05, 0) is 37.3 Å². The highest BCUT2D eigenvalue weighted by atomic mass is 35.5. The van der Waals surface area contributed by atoms with Crippen molar-refractivity contribution in [1.82, 2.24) is 0 Å². The molecule has 0 saturated heterocycles. The number of carbonyl (C=O) groups is 2. The lowest BCUT2D eigenvalue weighted by Gasteiger charge is -2.15. The Hall–Kier alpha value is -0.370. The van der Waals surface area contributed by atoms with E-state index in [1.807, 2.05) is 0 Å². The molecule has 34 heavy (non-hydrogen) atoms. The molecule has 0 fully saturated rings. The maximum Gasteiger partial charge on any atom is 0.221 e. The van der Waals surface area contributed by atoms with Gasteiger partial charge in [0.25, 0.3) is 0 Å². The van der Waals surface area contributed by atoms with Crippen LogP contribution >= 0.6 is 11.6 Å². The summed E-state index contributed by atoms with van der Waals surface area (Å²) in [7, 11) is 0. The van der Waals surface area contributed by atoms with Crippen molar-refractivity contribution in [2.75, 3.05) is 0 Å². The number of Topliss-reactive ketones (excluding diaryl/α,β-unsaturated/α-hetero) is 1. The number of halogens is 1. The SMILES string of the molecule is CCCCCCCCCCCCCCCC(=O)C(CCCCCCCCCC)CCCC(=O)Cl. The molecule has 0 radical (unpaired) electrons. The van der Waals surface area contributed by atoms with Gasteiger partial charge in [0.15, 0.2) is 0 Å². The molecule has 0 aliphatic carbocycles. The molecule has 0 aliphatic heterocycles. The molecule has 0 amide bonds. The first-order chi connectivity index (χ1) is 16.6. The maximum atomic E-state index is 12.8. The third kappa shape index (κ3) is 24.7. The molecule has 202 valence electrons. The van der Waals surface area contributed by atoms with Crippen molar-refractivity contribution in [1.29, 1.82) is 0 Å². The first-order valence-electron chi connectivity index (χ1n) is 15.3. The van der Waals surface area contributed by atoms with Gasteiger partial charge < -0.3 is 0 Å². The van der Waals surface area contributed by atoms with Crippen LogP contribution in [0, 0.1) is 5.92 Å². The van der Waals surface area contributed by atoms with E-state index in [9.17, 15) is 9.59 Å². The molecule has 2 nitrogen and oxygen atoms in total. The van der Waals surface area contributed by atoms with E-state index < -0.39 is 0 Å². The fourth-order valence-corrected chi connectivity index (χ4v) is 5.13. The Kier molecular flexibility index (Phi) is 26.9. The first kappa shape index (κ1) is 33.6. The first-order valence-corrected chi connectivity index (χ1v) is 15.7. The van der Waals surface area contributed by atoms with Crippen molar-refractivity contribution in [2.45, 2.75) is 181 Å². The van der Waals surface area contributed by atoms with E-state index in [1.54, 1.807) is 0 Å². The van der Waals surface area contributed by atoms with Gasteiger partial charge in [0, 0.05) is 18.8 Å². The summed E-state index contributed by atoms with van der Waals surface area (Å²) in [5.74, 6) is 0.585. The number of hydrogen-bond donors (Lipinski definition) is 0. The van der Waals surface area contributed by atoms with E-state index >= 15 is 0 Å². The summed E-state index contributed by atoms with van der Waals surface area (Å²) in [6, 6.07) is 0. The molecule has 0 saturated carbocycles. The van der Waals surface area contributed by atoms with E-state index in [0.717, 1.165) is 38.5 Å². The zero-order valence-electron chi connectivity index (χ0n) is 23.2. The minimum Gasteiger partial charge on any atom is -0.299 e. The van der Waals surface area contributed by atoms with Crippen LogP contribution < -0.4 is 0 Å². The Labute approximate surface area is 218 Å². The van der Waals surface area contributed by atoms with Gasteiger partial charge in [0.1, 0.15) is 5.78 Å². The molecule has 0 aromatic heterocycles. The number of carbonyl (C=O) groups excluding carboxylic acids is 2. The molecule has 3 heteroatoms. The third-order valence-corrected chi connectivity index (χ3v) is 7.50. The highest BCUT2D eigenvalue weighted by Gasteiger charge is 2.17. The average Bonchev–Trinajstić information content (AvgIpc) is 2.82. The molecular formula is C31H59ClO2. The fourth-order valence-electron chi connectivity index (χ4n) is 5.00. The topological polar surface area (TPSA) is 34.1 Å². The standard InChI is InChI=1S/C31H59ClO2/c1-3-5-7-9-11-13-14-15-16-17-19-21-23-27-30(33)29(26-24-28-31(32)34)25-22-20-18-12-10-8-6-4-2/h29H,3-28H2,1-2H3. The summed E-state index contributed by atoms with van der Waals surface area (Å²) in [5.41, 5.74) is 0. The fraction of sp³-hybridized carbons (Fsp3) is 0.935. The van der Waals surface area contributed by atoms with Gasteiger partial charge in [0.2, 0.25) is 5.24 Å². The number of hydrogen-bond acceptors (Lipinski definition) is 2. The minimum atomic E-state index is -0.269. The average molecular weight is 499 g/mol. The Morgan fingerprint density at radius 2 is 0.824 bits per heavy atom. The highest BCUT2D eigenvalue weighted by Crippen LogP contribution is 2.22. The monoisotopic (exact) mass is 498 g/mol. The normalized spacial score (nSPS) is 12.2. The largest absolute Gasteiger partial charge is 0.299 e. The van der Waals surface area contributed by atoms with Gasteiger partial charge in [-0.1, -0.05) is 142 Å². The van der Waals surface area contributed by atoms with Crippen molar-refractivity contribution in [3.63, 3.8) is 0 Å². The summed E-state index contributed by atoms with van der Waals surface area (Å²) >= 11 is 5.51. The third-order valence-electron chi connectivity index (χ3n) is 7.31. The van der Waals surface area contributed by atoms with E-state index in [0.29, 0.717) is 12.2 Å². The van der Waals surface area contributed by atoms with Crippen LogP contribution in [0.5, 0.6) is 0 Å². The van der Waals surface area contributed by atoms with Gasteiger partial charge >= 0.3 is 0 Å². The van der Waals surface area contributed by atoms with Crippen LogP contribution in [0.15, 0.2) is 0 Å². The molecule has 0 rings (SSSR count). The number of ketones is 1. The quantitative estimate of drug-likeness (QED) is 0.0793. The van der Waals surface area contributed by atoms with Crippen LogP contribution in [0.2, 0.25) is 0 Å². The Balaban J connectivity index is 3.84. The number of unbranched alkanes of at least 4 members (excludes halogenated alkanes) is 19. The predicted octanol–water partition coefficient (Wildman–Crippen LogP) is 11.1. The molecule has 0 N–H and O–H groups in total. The Morgan fingerprint density at radius 1 is 0.471 bits per heavy atom. The van der Waals surface area contributed by atoms with Gasteiger partial charge in [-0.2, -0.15) is 0 Å². The van der Waals surface area contributed by atoms with Gasteiger partial charge in [-0.3, -0.25) is 9.59 Å². The Morgan fingerprint density at radius 3 is 1.24 bits per heavy atom. The van der Waals surface area contributed by atoms with Crippen LogP contribution in [-0.2, 0) is 9.59 Å². The van der Waals surface area contributed by atoms with Crippen LogP contribution in [0.4, 0.5) is 0 Å². The molecule has 1 unspecified atom stereocenters. The second-order valence-electron chi connectivity index (χ2n) is 10.7. The predicted molar refractivity (Wildman–Crippen MR) is 151 cm³/mol. The molecule has 1 atom stereocenters.